The van der Waals surface area contributed by atoms with Gasteiger partial charge in [0.15, 0.2) is 0 Å². The number of likely N-dealkylation sites (N-methyl/N-ethyl adjacent to an activating group) is 1. The quantitative estimate of drug-likeness (QED) is 0.242. The van der Waals surface area contributed by atoms with Gasteiger partial charge in [0, 0.05) is 0 Å². The van der Waals surface area contributed by atoms with Crippen molar-refractivity contribution in [2.24, 2.45) is 5.73 Å². The molecule has 0 aliphatic rings. The summed E-state index contributed by atoms with van der Waals surface area (Å²) in [6.45, 7) is -0.00946. The number of carboxylic acids is 2. The number of hydrogen-bond donors (Lipinski definition) is 6. The molecule has 2 atom stereocenters. The molecule has 22 heavy (non-hydrogen) atoms. The fraction of sp³-hybridized carbons (Fsp3) is 0.667. The third kappa shape index (κ3) is 8.17. The van der Waals surface area contributed by atoms with Crippen LogP contribution in [0.1, 0.15) is 19.3 Å². The number of carboxylic acid groups (broad SMARTS) is 2. The Kier molecular flexibility index (Phi) is 9.46. The molecule has 0 heterocycles. The Morgan fingerprint density at radius 2 is 1.77 bits per heavy atom. The third-order valence-corrected chi connectivity index (χ3v) is 2.80. The van der Waals surface area contributed by atoms with E-state index in [9.17, 15) is 19.2 Å². The first-order chi connectivity index (χ1) is 10.3. The zero-order valence-electron chi connectivity index (χ0n) is 12.3. The topological polar surface area (TPSA) is 171 Å². The Morgan fingerprint density at radius 1 is 1.14 bits per heavy atom. The zero-order valence-corrected chi connectivity index (χ0v) is 12.3. The van der Waals surface area contributed by atoms with Crippen LogP contribution < -0.4 is 21.7 Å². The molecule has 0 spiro atoms. The minimum atomic E-state index is -1.54. The third-order valence-electron chi connectivity index (χ3n) is 2.80. The lowest BCUT2D eigenvalue weighted by molar-refractivity contribution is -0.147. The first-order valence-electron chi connectivity index (χ1n) is 6.70. The summed E-state index contributed by atoms with van der Waals surface area (Å²) in [7, 11) is 1.59. The second-order valence-corrected chi connectivity index (χ2v) is 4.55. The van der Waals surface area contributed by atoms with Crippen LogP contribution in [-0.4, -0.2) is 66.2 Å². The van der Waals surface area contributed by atoms with Crippen molar-refractivity contribution in [1.29, 1.82) is 0 Å². The van der Waals surface area contributed by atoms with Crippen LogP contribution in [0.15, 0.2) is 0 Å². The maximum Gasteiger partial charge on any atom is 0.326 e. The van der Waals surface area contributed by atoms with Crippen LogP contribution in [0.3, 0.4) is 0 Å². The molecule has 0 radical (unpaired) electrons. The highest BCUT2D eigenvalue weighted by molar-refractivity contribution is 5.90. The summed E-state index contributed by atoms with van der Waals surface area (Å²) in [5.74, 6) is -4.02. The van der Waals surface area contributed by atoms with Crippen molar-refractivity contribution < 1.29 is 29.4 Å². The van der Waals surface area contributed by atoms with Gasteiger partial charge in [0.25, 0.3) is 0 Å². The Morgan fingerprint density at radius 3 is 2.23 bits per heavy atom. The van der Waals surface area contributed by atoms with Crippen LogP contribution >= 0.6 is 0 Å². The molecule has 0 rings (SSSR count). The second kappa shape index (κ2) is 10.5. The van der Waals surface area contributed by atoms with Crippen LogP contribution in [-0.2, 0) is 19.2 Å². The molecule has 0 saturated heterocycles. The molecule has 0 aliphatic carbocycles. The summed E-state index contributed by atoms with van der Waals surface area (Å²) in [5, 5.41) is 24.5. The van der Waals surface area contributed by atoms with Crippen molar-refractivity contribution in [1.82, 2.24) is 16.0 Å². The molecule has 10 heteroatoms. The molecule has 0 aromatic rings. The molecular formula is C12H22N4O6. The minimum absolute atomic E-state index is 0.420. The molecule has 0 saturated carbocycles. The monoisotopic (exact) mass is 318 g/mol. The number of aliphatic carboxylic acids is 2. The van der Waals surface area contributed by atoms with Crippen molar-refractivity contribution in [3.63, 3.8) is 0 Å². The Labute approximate surface area is 127 Å². The van der Waals surface area contributed by atoms with E-state index < -0.39 is 48.8 Å². The number of nitrogens with two attached hydrogens (primary N) is 1. The summed E-state index contributed by atoms with van der Waals surface area (Å²) in [6, 6.07) is -2.05. The summed E-state index contributed by atoms with van der Waals surface area (Å²) in [6.07, 6.45) is 0.382. The Bertz CT molecular complexity index is 414. The highest BCUT2D eigenvalue weighted by Gasteiger charge is 2.23. The van der Waals surface area contributed by atoms with Crippen LogP contribution in [0.4, 0.5) is 0 Å². The summed E-state index contributed by atoms with van der Waals surface area (Å²) < 4.78 is 0. The van der Waals surface area contributed by atoms with Crippen LogP contribution in [0.5, 0.6) is 0 Å². The number of carbonyl (C=O) groups excluding carboxylic acids is 2. The summed E-state index contributed by atoms with van der Waals surface area (Å²) >= 11 is 0. The lowest BCUT2D eigenvalue weighted by atomic mass is 10.1. The van der Waals surface area contributed by atoms with E-state index in [1.807, 2.05) is 5.32 Å². The van der Waals surface area contributed by atoms with E-state index in [0.29, 0.717) is 19.4 Å². The smallest absolute Gasteiger partial charge is 0.326 e. The van der Waals surface area contributed by atoms with E-state index in [1.165, 1.54) is 0 Å². The fourth-order valence-corrected chi connectivity index (χ4v) is 1.64. The van der Waals surface area contributed by atoms with Crippen LogP contribution in [0.2, 0.25) is 0 Å². The first-order valence-corrected chi connectivity index (χ1v) is 6.70. The molecule has 10 nitrogen and oxygen atoms in total. The number of carbonyl (C=O) groups is 4. The van der Waals surface area contributed by atoms with Crippen molar-refractivity contribution >= 4 is 23.8 Å². The molecule has 0 fully saturated rings. The van der Waals surface area contributed by atoms with Gasteiger partial charge in [-0.15, -0.1) is 0 Å². The lowest BCUT2D eigenvalue weighted by Gasteiger charge is -2.16. The number of amides is 2. The molecule has 0 aliphatic heterocycles. The number of rotatable bonds is 11. The maximum absolute atomic E-state index is 11.8. The van der Waals surface area contributed by atoms with Gasteiger partial charge in [0.2, 0.25) is 11.8 Å². The van der Waals surface area contributed by atoms with Gasteiger partial charge in [0.1, 0.15) is 6.04 Å². The maximum atomic E-state index is 11.8. The van der Waals surface area contributed by atoms with E-state index in [-0.39, 0.29) is 0 Å². The van der Waals surface area contributed by atoms with Gasteiger partial charge in [-0.05, 0) is 26.4 Å². The van der Waals surface area contributed by atoms with Crippen LogP contribution in [0, 0.1) is 0 Å². The lowest BCUT2D eigenvalue weighted by Crippen LogP contribution is -2.49. The van der Waals surface area contributed by atoms with E-state index in [1.54, 1.807) is 7.05 Å². The normalized spacial score (nSPS) is 13.0. The highest BCUT2D eigenvalue weighted by Crippen LogP contribution is 1.96. The molecule has 7 N–H and O–H groups in total. The number of nitrogens with one attached hydrogen (secondary N) is 3. The van der Waals surface area contributed by atoms with Gasteiger partial charge in [-0.25, -0.2) is 4.79 Å². The van der Waals surface area contributed by atoms with E-state index in [0.717, 1.165) is 0 Å². The van der Waals surface area contributed by atoms with E-state index >= 15 is 0 Å². The van der Waals surface area contributed by atoms with Gasteiger partial charge in [0.05, 0.1) is 19.0 Å². The average molecular weight is 318 g/mol. The van der Waals surface area contributed by atoms with Crippen molar-refractivity contribution in [3.05, 3.63) is 0 Å². The summed E-state index contributed by atoms with van der Waals surface area (Å²) in [4.78, 5) is 44.6. The molecule has 126 valence electrons. The Hall–Kier alpha value is -2.20. The van der Waals surface area contributed by atoms with Gasteiger partial charge in [-0.1, -0.05) is 0 Å². The molecule has 0 aromatic carbocycles. The van der Waals surface area contributed by atoms with Gasteiger partial charge in [-0.3, -0.25) is 14.4 Å². The first kappa shape index (κ1) is 19.8. The zero-order chi connectivity index (χ0) is 17.1. The van der Waals surface area contributed by atoms with Gasteiger partial charge >= 0.3 is 11.9 Å². The second-order valence-electron chi connectivity index (χ2n) is 4.55. The number of hydrogen-bond acceptors (Lipinski definition) is 6. The predicted octanol–water partition coefficient (Wildman–Crippen LogP) is -2.53. The molecule has 2 amide bonds. The van der Waals surface area contributed by atoms with Crippen molar-refractivity contribution in [3.8, 4) is 0 Å². The van der Waals surface area contributed by atoms with E-state index in [2.05, 4.69) is 10.6 Å². The standard InChI is InChI=1S/C12H22N4O6/c1-14-7(3-2-4-13)11(20)15-6-9(17)16-8(12(21)22)5-10(18)19/h7-8,14H,2-6,13H2,1H3,(H,15,20)(H,16,17)(H,18,19)(H,21,22)/t7-,8-/m0/s1. The largest absolute Gasteiger partial charge is 0.481 e. The highest BCUT2D eigenvalue weighted by atomic mass is 16.4. The van der Waals surface area contributed by atoms with Crippen molar-refractivity contribution in [2.45, 2.75) is 31.3 Å². The minimum Gasteiger partial charge on any atom is -0.481 e. The van der Waals surface area contributed by atoms with Gasteiger partial charge in [-0.2, -0.15) is 0 Å². The van der Waals surface area contributed by atoms with Crippen LogP contribution in [0.25, 0.3) is 0 Å². The molecule has 0 bridgehead atoms. The summed E-state index contributed by atoms with van der Waals surface area (Å²) in [5.41, 5.74) is 5.35. The van der Waals surface area contributed by atoms with Crippen molar-refractivity contribution in [2.75, 3.05) is 20.1 Å². The van der Waals surface area contributed by atoms with E-state index in [4.69, 9.17) is 15.9 Å². The fourth-order valence-electron chi connectivity index (χ4n) is 1.64. The Balaban J connectivity index is 4.32. The predicted molar refractivity (Wildman–Crippen MR) is 76.0 cm³/mol. The van der Waals surface area contributed by atoms with Gasteiger partial charge < -0.3 is 31.9 Å². The molecular weight excluding hydrogens is 296 g/mol. The molecule has 0 unspecified atom stereocenters. The SMILES string of the molecule is CN[C@@H](CCCN)C(=O)NCC(=O)N[C@@H](CC(=O)O)C(=O)O. The average Bonchev–Trinajstić information content (AvgIpc) is 2.44. The molecule has 0 aromatic heterocycles.